The second-order valence-electron chi connectivity index (χ2n) is 4.18. The van der Waals surface area contributed by atoms with E-state index in [0.29, 0.717) is 16.8 Å². The Kier molecular flexibility index (Phi) is 2.17. The standard InChI is InChI=1S/C12H8ClN3O/c13-11-7-3-9(6-1-2-6)15-5-10(7)16-12(17)8(11)4-14/h3,5-6H,1-2H2,(H,16,17). The first kappa shape index (κ1) is 10.3. The van der Waals surface area contributed by atoms with E-state index in [0.717, 1.165) is 18.5 Å². The van der Waals surface area contributed by atoms with E-state index in [9.17, 15) is 4.79 Å². The zero-order chi connectivity index (χ0) is 12.0. The van der Waals surface area contributed by atoms with Gasteiger partial charge < -0.3 is 4.98 Å². The van der Waals surface area contributed by atoms with Crippen LogP contribution in [0.2, 0.25) is 5.02 Å². The number of H-pyrrole nitrogens is 1. The maximum atomic E-state index is 11.5. The Labute approximate surface area is 102 Å². The molecule has 0 unspecified atom stereocenters. The second kappa shape index (κ2) is 3.57. The summed E-state index contributed by atoms with van der Waals surface area (Å²) in [6.45, 7) is 0. The van der Waals surface area contributed by atoms with Crippen molar-refractivity contribution in [3.63, 3.8) is 0 Å². The summed E-state index contributed by atoms with van der Waals surface area (Å²) >= 11 is 6.07. The van der Waals surface area contributed by atoms with Crippen LogP contribution in [0.5, 0.6) is 0 Å². The molecule has 1 aliphatic carbocycles. The average Bonchev–Trinajstić information content (AvgIpc) is 3.13. The molecule has 4 nitrogen and oxygen atoms in total. The van der Waals surface area contributed by atoms with Crippen LogP contribution in [0.15, 0.2) is 17.1 Å². The van der Waals surface area contributed by atoms with E-state index in [1.807, 2.05) is 12.1 Å². The van der Waals surface area contributed by atoms with Crippen LogP contribution < -0.4 is 5.56 Å². The van der Waals surface area contributed by atoms with Gasteiger partial charge in [0.05, 0.1) is 16.7 Å². The Morgan fingerprint density at radius 1 is 1.53 bits per heavy atom. The highest BCUT2D eigenvalue weighted by molar-refractivity contribution is 6.36. The highest BCUT2D eigenvalue weighted by Gasteiger charge is 2.25. The molecule has 0 radical (unpaired) electrons. The van der Waals surface area contributed by atoms with Crippen molar-refractivity contribution >= 4 is 22.5 Å². The lowest BCUT2D eigenvalue weighted by Gasteiger charge is -2.04. The van der Waals surface area contributed by atoms with Crippen LogP contribution in [0.25, 0.3) is 10.9 Å². The fourth-order valence-electron chi connectivity index (χ4n) is 1.87. The van der Waals surface area contributed by atoms with Gasteiger partial charge in [0.25, 0.3) is 5.56 Å². The van der Waals surface area contributed by atoms with Crippen LogP contribution in [0.1, 0.15) is 30.0 Å². The van der Waals surface area contributed by atoms with E-state index in [1.54, 1.807) is 6.20 Å². The van der Waals surface area contributed by atoms with Gasteiger partial charge in [0, 0.05) is 17.0 Å². The van der Waals surface area contributed by atoms with E-state index in [4.69, 9.17) is 16.9 Å². The first-order chi connectivity index (χ1) is 8.20. The van der Waals surface area contributed by atoms with Crippen molar-refractivity contribution in [2.75, 3.05) is 0 Å². The topological polar surface area (TPSA) is 69.5 Å². The molecule has 1 N–H and O–H groups in total. The third-order valence-corrected chi connectivity index (χ3v) is 3.36. The largest absolute Gasteiger partial charge is 0.319 e. The molecule has 5 heteroatoms. The highest BCUT2D eigenvalue weighted by Crippen LogP contribution is 2.40. The Morgan fingerprint density at radius 3 is 2.94 bits per heavy atom. The van der Waals surface area contributed by atoms with Gasteiger partial charge in [-0.15, -0.1) is 0 Å². The zero-order valence-corrected chi connectivity index (χ0v) is 9.58. The minimum absolute atomic E-state index is 0.0351. The molecule has 0 amide bonds. The van der Waals surface area contributed by atoms with Crippen LogP contribution in [-0.4, -0.2) is 9.97 Å². The number of nitrogens with zero attached hydrogens (tertiary/aromatic N) is 2. The highest BCUT2D eigenvalue weighted by atomic mass is 35.5. The molecule has 17 heavy (non-hydrogen) atoms. The third kappa shape index (κ3) is 1.60. The molecule has 2 aromatic heterocycles. The van der Waals surface area contributed by atoms with Crippen LogP contribution in [0.3, 0.4) is 0 Å². The van der Waals surface area contributed by atoms with Gasteiger partial charge in [-0.25, -0.2) is 0 Å². The maximum Gasteiger partial charge on any atom is 0.267 e. The normalized spacial score (nSPS) is 14.8. The number of aromatic amines is 1. The lowest BCUT2D eigenvalue weighted by Crippen LogP contribution is -2.11. The Balaban J connectivity index is 2.35. The first-order valence-electron chi connectivity index (χ1n) is 5.32. The SMILES string of the molecule is N#Cc1c(Cl)c2cc(C3CC3)ncc2[nH]c1=O. The fraction of sp³-hybridized carbons (Fsp3) is 0.250. The van der Waals surface area contributed by atoms with Crippen LogP contribution >= 0.6 is 11.6 Å². The molecule has 0 spiro atoms. The third-order valence-electron chi connectivity index (χ3n) is 2.96. The van der Waals surface area contributed by atoms with Crippen molar-refractivity contribution in [1.82, 2.24) is 9.97 Å². The molecule has 1 aliphatic rings. The van der Waals surface area contributed by atoms with Gasteiger partial charge in [-0.05, 0) is 18.9 Å². The van der Waals surface area contributed by atoms with E-state index in [2.05, 4.69) is 9.97 Å². The molecule has 0 atom stereocenters. The number of nitriles is 1. The van der Waals surface area contributed by atoms with Crippen LogP contribution in [-0.2, 0) is 0 Å². The number of hydrogen-bond acceptors (Lipinski definition) is 3. The maximum absolute atomic E-state index is 11.5. The molecule has 0 aromatic carbocycles. The number of fused-ring (bicyclic) bond motifs is 1. The lowest BCUT2D eigenvalue weighted by molar-refractivity contribution is 1.03. The molecule has 3 rings (SSSR count). The summed E-state index contributed by atoms with van der Waals surface area (Å²) < 4.78 is 0. The number of hydrogen-bond donors (Lipinski definition) is 1. The van der Waals surface area contributed by atoms with Crippen molar-refractivity contribution in [2.45, 2.75) is 18.8 Å². The van der Waals surface area contributed by atoms with E-state index < -0.39 is 5.56 Å². The van der Waals surface area contributed by atoms with Crippen LogP contribution in [0, 0.1) is 11.3 Å². The number of nitrogens with one attached hydrogen (secondary N) is 1. The van der Waals surface area contributed by atoms with E-state index >= 15 is 0 Å². The molecule has 2 heterocycles. The summed E-state index contributed by atoms with van der Waals surface area (Å²) in [7, 11) is 0. The Morgan fingerprint density at radius 2 is 2.29 bits per heavy atom. The fourth-order valence-corrected chi connectivity index (χ4v) is 2.16. The van der Waals surface area contributed by atoms with E-state index in [1.165, 1.54) is 0 Å². The van der Waals surface area contributed by atoms with Crippen molar-refractivity contribution in [3.8, 4) is 6.07 Å². The average molecular weight is 246 g/mol. The van der Waals surface area contributed by atoms with Gasteiger partial charge in [0.2, 0.25) is 0 Å². The monoisotopic (exact) mass is 245 g/mol. The van der Waals surface area contributed by atoms with Gasteiger partial charge >= 0.3 is 0 Å². The zero-order valence-electron chi connectivity index (χ0n) is 8.83. The molecule has 0 saturated heterocycles. The molecule has 0 bridgehead atoms. The van der Waals surface area contributed by atoms with Crippen molar-refractivity contribution in [3.05, 3.63) is 38.9 Å². The Bertz CT molecular complexity index is 710. The summed E-state index contributed by atoms with van der Waals surface area (Å²) in [5.41, 5.74) is 1.05. The summed E-state index contributed by atoms with van der Waals surface area (Å²) in [5, 5.41) is 9.79. The molecular formula is C12H8ClN3O. The van der Waals surface area contributed by atoms with Gasteiger partial charge in [0.15, 0.2) is 0 Å². The number of pyridine rings is 2. The Hall–Kier alpha value is -1.86. The van der Waals surface area contributed by atoms with Crippen molar-refractivity contribution in [1.29, 1.82) is 5.26 Å². The van der Waals surface area contributed by atoms with E-state index in [-0.39, 0.29) is 10.6 Å². The first-order valence-corrected chi connectivity index (χ1v) is 5.70. The molecular weight excluding hydrogens is 238 g/mol. The number of halogens is 1. The summed E-state index contributed by atoms with van der Waals surface area (Å²) in [5.74, 6) is 0.507. The molecule has 1 saturated carbocycles. The molecule has 2 aromatic rings. The minimum atomic E-state index is -0.467. The predicted molar refractivity (Wildman–Crippen MR) is 64.1 cm³/mol. The molecule has 84 valence electrons. The summed E-state index contributed by atoms with van der Waals surface area (Å²) in [4.78, 5) is 18.4. The second-order valence-corrected chi connectivity index (χ2v) is 4.56. The van der Waals surface area contributed by atoms with Gasteiger partial charge in [-0.3, -0.25) is 9.78 Å². The number of aromatic nitrogens is 2. The number of rotatable bonds is 1. The summed E-state index contributed by atoms with van der Waals surface area (Å²) in [6.07, 6.45) is 3.90. The summed E-state index contributed by atoms with van der Waals surface area (Å²) in [6, 6.07) is 3.69. The van der Waals surface area contributed by atoms with Crippen molar-refractivity contribution < 1.29 is 0 Å². The quantitative estimate of drug-likeness (QED) is 0.838. The molecule has 0 aliphatic heterocycles. The lowest BCUT2D eigenvalue weighted by atomic mass is 10.1. The van der Waals surface area contributed by atoms with Crippen LogP contribution in [0.4, 0.5) is 0 Å². The molecule has 1 fully saturated rings. The van der Waals surface area contributed by atoms with Gasteiger partial charge in [0.1, 0.15) is 11.6 Å². The minimum Gasteiger partial charge on any atom is -0.319 e. The van der Waals surface area contributed by atoms with Gasteiger partial charge in [-0.2, -0.15) is 5.26 Å². The predicted octanol–water partition coefficient (Wildman–Crippen LogP) is 2.33. The van der Waals surface area contributed by atoms with Crippen molar-refractivity contribution in [2.24, 2.45) is 0 Å². The smallest absolute Gasteiger partial charge is 0.267 e. The van der Waals surface area contributed by atoms with Gasteiger partial charge in [-0.1, -0.05) is 11.6 Å².